The molecule has 1 atom stereocenters. The third-order valence-corrected chi connectivity index (χ3v) is 5.72. The Morgan fingerprint density at radius 3 is 2.19 bits per heavy atom. The van der Waals surface area contributed by atoms with Crippen molar-refractivity contribution in [1.29, 1.82) is 0 Å². The van der Waals surface area contributed by atoms with Gasteiger partial charge >= 0.3 is 6.18 Å². The van der Waals surface area contributed by atoms with Gasteiger partial charge in [0.15, 0.2) is 0 Å². The molecule has 1 heterocycles. The van der Waals surface area contributed by atoms with Crippen LogP contribution in [0.5, 0.6) is 5.75 Å². The second kappa shape index (κ2) is 9.56. The SMILES string of the molecule is FC(F)(F)c1ccc(OC2CCCN(CCc3ccc(-c4ccccc4)cc3)C2)cc1. The van der Waals surface area contributed by atoms with Gasteiger partial charge in [-0.3, -0.25) is 4.90 Å². The fraction of sp³-hybridized carbons (Fsp3) is 0.308. The molecular formula is C26H26F3NO. The summed E-state index contributed by atoms with van der Waals surface area (Å²) >= 11 is 0. The first-order valence-electron chi connectivity index (χ1n) is 10.7. The van der Waals surface area contributed by atoms with Crippen molar-refractivity contribution in [2.24, 2.45) is 0 Å². The van der Waals surface area contributed by atoms with E-state index in [4.69, 9.17) is 4.74 Å². The van der Waals surface area contributed by atoms with Crippen LogP contribution in [0.2, 0.25) is 0 Å². The van der Waals surface area contributed by atoms with Crippen molar-refractivity contribution in [2.75, 3.05) is 19.6 Å². The molecule has 0 aromatic heterocycles. The Hall–Kier alpha value is -2.79. The highest BCUT2D eigenvalue weighted by molar-refractivity contribution is 5.63. The van der Waals surface area contributed by atoms with Crippen LogP contribution in [0.25, 0.3) is 11.1 Å². The maximum Gasteiger partial charge on any atom is 0.416 e. The number of benzene rings is 3. The average Bonchev–Trinajstić information content (AvgIpc) is 2.79. The van der Waals surface area contributed by atoms with Gasteiger partial charge < -0.3 is 4.74 Å². The topological polar surface area (TPSA) is 12.5 Å². The summed E-state index contributed by atoms with van der Waals surface area (Å²) in [5.74, 6) is 0.497. The zero-order chi connectivity index (χ0) is 21.7. The molecule has 162 valence electrons. The van der Waals surface area contributed by atoms with Crippen LogP contribution in [-0.2, 0) is 12.6 Å². The standard InChI is InChI=1S/C26H26F3NO/c27-26(28,29)23-12-14-24(15-13-23)31-25-7-4-17-30(19-25)18-16-20-8-10-22(11-9-20)21-5-2-1-3-6-21/h1-3,5-6,8-15,25H,4,7,16-19H2. The third kappa shape index (κ3) is 5.88. The monoisotopic (exact) mass is 425 g/mol. The summed E-state index contributed by atoms with van der Waals surface area (Å²) in [5, 5.41) is 0. The van der Waals surface area contributed by atoms with E-state index in [-0.39, 0.29) is 6.10 Å². The Kier molecular flexibility index (Phi) is 6.62. The van der Waals surface area contributed by atoms with E-state index in [1.54, 1.807) is 0 Å². The van der Waals surface area contributed by atoms with Crippen molar-refractivity contribution in [2.45, 2.75) is 31.5 Å². The molecule has 0 saturated carbocycles. The molecule has 1 aliphatic heterocycles. The van der Waals surface area contributed by atoms with Crippen LogP contribution in [-0.4, -0.2) is 30.6 Å². The first kappa shape index (κ1) is 21.4. The molecule has 2 nitrogen and oxygen atoms in total. The molecular weight excluding hydrogens is 399 g/mol. The maximum absolute atomic E-state index is 12.7. The fourth-order valence-electron chi connectivity index (χ4n) is 4.01. The summed E-state index contributed by atoms with van der Waals surface area (Å²) in [6, 6.07) is 24.0. The summed E-state index contributed by atoms with van der Waals surface area (Å²) in [5.41, 5.74) is 3.08. The van der Waals surface area contributed by atoms with Gasteiger partial charge in [-0.15, -0.1) is 0 Å². The minimum atomic E-state index is -4.32. The lowest BCUT2D eigenvalue weighted by molar-refractivity contribution is -0.137. The van der Waals surface area contributed by atoms with E-state index in [2.05, 4.69) is 41.3 Å². The molecule has 3 aromatic carbocycles. The van der Waals surface area contributed by atoms with Crippen LogP contribution < -0.4 is 4.74 Å². The van der Waals surface area contributed by atoms with Crippen LogP contribution in [0, 0.1) is 0 Å². The molecule has 1 saturated heterocycles. The minimum Gasteiger partial charge on any atom is -0.489 e. The van der Waals surface area contributed by atoms with Gasteiger partial charge in [-0.05, 0) is 66.8 Å². The van der Waals surface area contributed by atoms with Gasteiger partial charge in [0.25, 0.3) is 0 Å². The van der Waals surface area contributed by atoms with Crippen LogP contribution in [0.3, 0.4) is 0 Å². The number of likely N-dealkylation sites (tertiary alicyclic amines) is 1. The van der Waals surface area contributed by atoms with Crippen molar-refractivity contribution >= 4 is 0 Å². The van der Waals surface area contributed by atoms with Crippen molar-refractivity contribution in [3.63, 3.8) is 0 Å². The largest absolute Gasteiger partial charge is 0.489 e. The first-order valence-corrected chi connectivity index (χ1v) is 10.7. The van der Waals surface area contributed by atoms with Crippen molar-refractivity contribution in [1.82, 2.24) is 4.90 Å². The molecule has 0 radical (unpaired) electrons. The van der Waals surface area contributed by atoms with E-state index in [0.717, 1.165) is 51.0 Å². The number of piperidine rings is 1. The quantitative estimate of drug-likeness (QED) is 0.449. The van der Waals surface area contributed by atoms with Crippen LogP contribution in [0.4, 0.5) is 13.2 Å². The molecule has 0 bridgehead atoms. The van der Waals surface area contributed by atoms with E-state index in [0.29, 0.717) is 5.75 Å². The molecule has 5 heteroatoms. The van der Waals surface area contributed by atoms with Gasteiger partial charge in [0.05, 0.1) is 5.56 Å². The molecule has 1 fully saturated rings. The van der Waals surface area contributed by atoms with Gasteiger partial charge in [-0.2, -0.15) is 13.2 Å². The number of alkyl halides is 3. The Morgan fingerprint density at radius 2 is 1.52 bits per heavy atom. The lowest BCUT2D eigenvalue weighted by atomic mass is 10.0. The van der Waals surface area contributed by atoms with Crippen molar-refractivity contribution in [3.8, 4) is 16.9 Å². The highest BCUT2D eigenvalue weighted by Crippen LogP contribution is 2.30. The van der Waals surface area contributed by atoms with Gasteiger partial charge in [0.1, 0.15) is 11.9 Å². The lowest BCUT2D eigenvalue weighted by Gasteiger charge is -2.33. The van der Waals surface area contributed by atoms with Gasteiger partial charge in [-0.1, -0.05) is 54.6 Å². The molecule has 1 aliphatic rings. The smallest absolute Gasteiger partial charge is 0.416 e. The highest BCUT2D eigenvalue weighted by atomic mass is 19.4. The lowest BCUT2D eigenvalue weighted by Crippen LogP contribution is -2.42. The Morgan fingerprint density at radius 1 is 0.839 bits per heavy atom. The normalized spacial score (nSPS) is 17.5. The number of halogens is 3. The summed E-state index contributed by atoms with van der Waals surface area (Å²) in [6.45, 7) is 2.76. The molecule has 0 spiro atoms. The van der Waals surface area contributed by atoms with Crippen molar-refractivity contribution in [3.05, 3.63) is 90.0 Å². The second-order valence-electron chi connectivity index (χ2n) is 8.02. The third-order valence-electron chi connectivity index (χ3n) is 5.72. The van der Waals surface area contributed by atoms with Gasteiger partial charge in [0.2, 0.25) is 0 Å². The van der Waals surface area contributed by atoms with Crippen molar-refractivity contribution < 1.29 is 17.9 Å². The zero-order valence-corrected chi connectivity index (χ0v) is 17.3. The van der Waals surface area contributed by atoms with Gasteiger partial charge in [-0.25, -0.2) is 0 Å². The summed E-state index contributed by atoms with van der Waals surface area (Å²) in [4.78, 5) is 2.38. The number of rotatable bonds is 6. The molecule has 0 aliphatic carbocycles. The van der Waals surface area contributed by atoms with Gasteiger partial charge in [0, 0.05) is 13.1 Å². The van der Waals surface area contributed by atoms with E-state index < -0.39 is 11.7 Å². The Labute approximate surface area is 181 Å². The molecule has 31 heavy (non-hydrogen) atoms. The molecule has 0 N–H and O–H groups in total. The van der Waals surface area contributed by atoms with Crippen LogP contribution in [0.1, 0.15) is 24.0 Å². The number of ether oxygens (including phenoxy) is 1. The minimum absolute atomic E-state index is 0.00550. The molecule has 1 unspecified atom stereocenters. The Balaban J connectivity index is 1.28. The van der Waals surface area contributed by atoms with Crippen LogP contribution in [0.15, 0.2) is 78.9 Å². The zero-order valence-electron chi connectivity index (χ0n) is 17.3. The highest BCUT2D eigenvalue weighted by Gasteiger charge is 2.30. The van der Waals surface area contributed by atoms with Crippen LogP contribution >= 0.6 is 0 Å². The molecule has 4 rings (SSSR count). The predicted molar refractivity (Wildman–Crippen MR) is 117 cm³/mol. The Bertz CT molecular complexity index is 953. The summed E-state index contributed by atoms with van der Waals surface area (Å²) < 4.78 is 44.1. The van der Waals surface area contributed by atoms with E-state index >= 15 is 0 Å². The van der Waals surface area contributed by atoms with E-state index in [1.165, 1.54) is 28.8 Å². The molecule has 3 aromatic rings. The average molecular weight is 425 g/mol. The first-order chi connectivity index (χ1) is 15.0. The fourth-order valence-corrected chi connectivity index (χ4v) is 4.01. The summed E-state index contributed by atoms with van der Waals surface area (Å²) in [7, 11) is 0. The maximum atomic E-state index is 12.7. The number of hydrogen-bond donors (Lipinski definition) is 0. The predicted octanol–water partition coefficient (Wildman–Crippen LogP) is 6.46. The van der Waals surface area contributed by atoms with E-state index in [1.807, 2.05) is 18.2 Å². The molecule has 0 amide bonds. The summed E-state index contributed by atoms with van der Waals surface area (Å²) in [6.07, 6.45) is -1.41. The second-order valence-corrected chi connectivity index (χ2v) is 8.02. The number of nitrogens with zero attached hydrogens (tertiary/aromatic N) is 1. The number of hydrogen-bond acceptors (Lipinski definition) is 2. The van der Waals surface area contributed by atoms with E-state index in [9.17, 15) is 13.2 Å².